The van der Waals surface area contributed by atoms with E-state index >= 15 is 0 Å². The van der Waals surface area contributed by atoms with Gasteiger partial charge >= 0.3 is 0 Å². The first kappa shape index (κ1) is 15.2. The summed E-state index contributed by atoms with van der Waals surface area (Å²) in [6, 6.07) is 0. The first-order chi connectivity index (χ1) is 8.99. The Morgan fingerprint density at radius 3 is 2.37 bits per heavy atom. The summed E-state index contributed by atoms with van der Waals surface area (Å²) in [5, 5.41) is 5.25. The van der Waals surface area contributed by atoms with Crippen molar-refractivity contribution in [3.8, 4) is 0 Å². The van der Waals surface area contributed by atoms with Crippen LogP contribution in [0.4, 0.5) is 11.8 Å². The van der Waals surface area contributed by atoms with Crippen molar-refractivity contribution in [3.05, 3.63) is 5.69 Å². The first-order valence-electron chi connectivity index (χ1n) is 6.75. The summed E-state index contributed by atoms with van der Waals surface area (Å²) in [6.07, 6.45) is 1.04. The highest BCUT2D eigenvalue weighted by Gasteiger charge is 2.13. The molecule has 2 rings (SSSR count). The molecule has 2 heterocycles. The molecule has 0 saturated carbocycles. The first-order valence-corrected chi connectivity index (χ1v) is 6.75. The molecule has 6 nitrogen and oxygen atoms in total. The highest BCUT2D eigenvalue weighted by molar-refractivity contribution is 5.88. The van der Waals surface area contributed by atoms with Gasteiger partial charge in [-0.3, -0.25) is 0 Å². The number of nitrogens with zero attached hydrogens (tertiary/aromatic N) is 4. The number of hydrogen-bond acceptors (Lipinski definition) is 5. The van der Waals surface area contributed by atoms with E-state index in [2.05, 4.69) is 28.9 Å². The topological polar surface area (TPSA) is 95.6 Å². The molecule has 0 unspecified atom stereocenters. The van der Waals surface area contributed by atoms with Gasteiger partial charge in [0, 0.05) is 6.54 Å². The summed E-state index contributed by atoms with van der Waals surface area (Å²) < 4.78 is 1.86. The summed E-state index contributed by atoms with van der Waals surface area (Å²) in [7, 11) is 0. The highest BCUT2D eigenvalue weighted by atomic mass is 15.3. The summed E-state index contributed by atoms with van der Waals surface area (Å²) in [4.78, 5) is 8.18. The maximum absolute atomic E-state index is 5.84. The number of nitrogen functional groups attached to an aromatic ring is 2. The van der Waals surface area contributed by atoms with Gasteiger partial charge in [-0.25, -0.2) is 4.68 Å². The van der Waals surface area contributed by atoms with Crippen LogP contribution in [0.15, 0.2) is 0 Å². The van der Waals surface area contributed by atoms with E-state index < -0.39 is 0 Å². The predicted octanol–water partition coefficient (Wildman–Crippen LogP) is 2.37. The van der Waals surface area contributed by atoms with Gasteiger partial charge in [-0.15, -0.1) is 0 Å². The summed E-state index contributed by atoms with van der Waals surface area (Å²) in [5.74, 6) is 1.22. The van der Waals surface area contributed by atoms with Crippen molar-refractivity contribution in [2.24, 2.45) is 5.92 Å². The number of hydrogen-bond donors (Lipinski definition) is 2. The minimum atomic E-state index is 0.195. The third-order valence-corrected chi connectivity index (χ3v) is 2.73. The molecule has 4 N–H and O–H groups in total. The van der Waals surface area contributed by atoms with Gasteiger partial charge in [0.15, 0.2) is 5.65 Å². The molecule has 2 aromatic heterocycles. The van der Waals surface area contributed by atoms with E-state index in [1.165, 1.54) is 0 Å². The van der Waals surface area contributed by atoms with Crippen LogP contribution < -0.4 is 11.5 Å². The Labute approximate surface area is 114 Å². The molecule has 0 atom stereocenters. The molecule has 0 amide bonds. The Morgan fingerprint density at radius 2 is 1.79 bits per heavy atom. The Morgan fingerprint density at radius 1 is 1.16 bits per heavy atom. The van der Waals surface area contributed by atoms with E-state index in [1.807, 2.05) is 25.5 Å². The fourth-order valence-corrected chi connectivity index (χ4v) is 1.83. The molecule has 0 fully saturated rings. The molecule has 0 spiro atoms. The van der Waals surface area contributed by atoms with Crippen LogP contribution in [0, 0.1) is 12.8 Å². The maximum atomic E-state index is 5.84. The fourth-order valence-electron chi connectivity index (χ4n) is 1.83. The lowest BCUT2D eigenvalue weighted by Crippen LogP contribution is -2.06. The third kappa shape index (κ3) is 3.33. The molecule has 0 aliphatic rings. The average Bonchev–Trinajstić information content (AvgIpc) is 2.66. The molecule has 0 aliphatic heterocycles. The third-order valence-electron chi connectivity index (χ3n) is 2.73. The van der Waals surface area contributed by atoms with Gasteiger partial charge in [-0.2, -0.15) is 15.1 Å². The zero-order valence-corrected chi connectivity index (χ0v) is 12.4. The van der Waals surface area contributed by atoms with Crippen LogP contribution in [0.3, 0.4) is 0 Å². The lowest BCUT2D eigenvalue weighted by atomic mass is 10.1. The molecule has 0 radical (unpaired) electrons. The van der Waals surface area contributed by atoms with E-state index in [9.17, 15) is 0 Å². The second kappa shape index (κ2) is 6.36. The van der Waals surface area contributed by atoms with Crippen molar-refractivity contribution in [2.75, 3.05) is 11.5 Å². The van der Waals surface area contributed by atoms with Gasteiger partial charge in [0.25, 0.3) is 0 Å². The molecule has 0 saturated heterocycles. The van der Waals surface area contributed by atoms with Crippen molar-refractivity contribution in [1.82, 2.24) is 19.7 Å². The van der Waals surface area contributed by atoms with E-state index in [-0.39, 0.29) is 5.95 Å². The minimum absolute atomic E-state index is 0.195. The Kier molecular flexibility index (Phi) is 5.09. The number of anilines is 2. The monoisotopic (exact) mass is 264 g/mol. The van der Waals surface area contributed by atoms with Crippen LogP contribution in [0.25, 0.3) is 11.0 Å². The number of aromatic nitrogens is 4. The second-order valence-electron chi connectivity index (χ2n) is 4.66. The number of nitrogens with two attached hydrogens (primary N) is 2. The lowest BCUT2D eigenvalue weighted by Gasteiger charge is -2.05. The Bertz CT molecular complexity index is 544. The van der Waals surface area contributed by atoms with Crippen molar-refractivity contribution in [2.45, 2.75) is 47.6 Å². The van der Waals surface area contributed by atoms with Crippen LogP contribution in [0.5, 0.6) is 0 Å². The zero-order valence-electron chi connectivity index (χ0n) is 12.4. The van der Waals surface area contributed by atoms with Crippen LogP contribution in [-0.2, 0) is 6.54 Å². The zero-order chi connectivity index (χ0) is 14.6. The van der Waals surface area contributed by atoms with E-state index in [1.54, 1.807) is 0 Å². The normalized spacial score (nSPS) is 10.6. The van der Waals surface area contributed by atoms with Crippen molar-refractivity contribution in [1.29, 1.82) is 0 Å². The van der Waals surface area contributed by atoms with Crippen molar-refractivity contribution < 1.29 is 0 Å². The Hall–Kier alpha value is -1.85. The van der Waals surface area contributed by atoms with Crippen LogP contribution in [-0.4, -0.2) is 19.7 Å². The second-order valence-corrected chi connectivity index (χ2v) is 4.66. The van der Waals surface area contributed by atoms with E-state index in [4.69, 9.17) is 11.5 Å². The maximum Gasteiger partial charge on any atom is 0.224 e. The minimum Gasteiger partial charge on any atom is -0.383 e. The molecule has 0 aromatic carbocycles. The molecule has 6 heteroatoms. The van der Waals surface area contributed by atoms with Gasteiger partial charge in [0.2, 0.25) is 5.95 Å². The lowest BCUT2D eigenvalue weighted by molar-refractivity contribution is 0.493. The van der Waals surface area contributed by atoms with Crippen molar-refractivity contribution >= 4 is 22.8 Å². The molecular formula is C13H24N6. The molecule has 0 bridgehead atoms. The van der Waals surface area contributed by atoms with Gasteiger partial charge in [0.05, 0.1) is 11.1 Å². The quantitative estimate of drug-likeness (QED) is 0.887. The SMILES string of the molecule is CC.Cc1nn(CCC(C)C)c2nc(N)nc(N)c12. The number of rotatable bonds is 3. The van der Waals surface area contributed by atoms with Crippen molar-refractivity contribution in [3.63, 3.8) is 0 Å². The summed E-state index contributed by atoms with van der Waals surface area (Å²) in [6.45, 7) is 11.1. The summed E-state index contributed by atoms with van der Waals surface area (Å²) in [5.41, 5.74) is 13.0. The average molecular weight is 264 g/mol. The number of fused-ring (bicyclic) bond motifs is 1. The largest absolute Gasteiger partial charge is 0.383 e. The molecular weight excluding hydrogens is 240 g/mol. The van der Waals surface area contributed by atoms with Gasteiger partial charge in [-0.1, -0.05) is 27.7 Å². The van der Waals surface area contributed by atoms with Gasteiger partial charge < -0.3 is 11.5 Å². The highest BCUT2D eigenvalue weighted by Crippen LogP contribution is 2.22. The van der Waals surface area contributed by atoms with Gasteiger partial charge in [0.1, 0.15) is 5.82 Å². The molecule has 106 valence electrons. The molecule has 19 heavy (non-hydrogen) atoms. The van der Waals surface area contributed by atoms with Crippen LogP contribution in [0.1, 0.15) is 39.8 Å². The smallest absolute Gasteiger partial charge is 0.224 e. The standard InChI is InChI=1S/C11H18N6.C2H6/c1-6(2)4-5-17-10-8(7(3)16-17)9(12)14-11(13)15-10;1-2/h6H,4-5H2,1-3H3,(H4,12,13,14,15);1-2H3. The van der Waals surface area contributed by atoms with E-state index in [0.717, 1.165) is 29.7 Å². The number of aryl methyl sites for hydroxylation is 2. The van der Waals surface area contributed by atoms with E-state index in [0.29, 0.717) is 11.7 Å². The fraction of sp³-hybridized carbons (Fsp3) is 0.615. The summed E-state index contributed by atoms with van der Waals surface area (Å²) >= 11 is 0. The Balaban J connectivity index is 0.000000861. The van der Waals surface area contributed by atoms with Crippen LogP contribution >= 0.6 is 0 Å². The van der Waals surface area contributed by atoms with Crippen LogP contribution in [0.2, 0.25) is 0 Å². The molecule has 2 aromatic rings. The molecule has 0 aliphatic carbocycles. The van der Waals surface area contributed by atoms with Gasteiger partial charge in [-0.05, 0) is 19.3 Å². The predicted molar refractivity (Wildman–Crippen MR) is 79.7 cm³/mol.